The summed E-state index contributed by atoms with van der Waals surface area (Å²) in [5.41, 5.74) is -0.683. The first-order chi connectivity index (χ1) is 35.5. The van der Waals surface area contributed by atoms with Crippen LogP contribution in [0.15, 0.2) is 0 Å². The van der Waals surface area contributed by atoms with E-state index in [0.717, 1.165) is 68.5 Å². The zero-order valence-corrected chi connectivity index (χ0v) is 53.1. The van der Waals surface area contributed by atoms with E-state index in [1.54, 1.807) is 27.7 Å². The molecule has 0 amide bonds. The van der Waals surface area contributed by atoms with E-state index >= 15 is 0 Å². The van der Waals surface area contributed by atoms with Gasteiger partial charge in [0.25, 0.3) is 0 Å². The summed E-state index contributed by atoms with van der Waals surface area (Å²) in [6, 6.07) is 3.41. The molecule has 25 atom stereocenters. The molecule has 5 N–H and O–H groups in total. The Bertz CT molecular complexity index is 2290. The third-order valence-corrected chi connectivity index (χ3v) is 35.0. The van der Waals surface area contributed by atoms with Crippen LogP contribution in [0.4, 0.5) is 0 Å². The van der Waals surface area contributed by atoms with Crippen molar-refractivity contribution in [1.29, 1.82) is 0 Å². The van der Waals surface area contributed by atoms with Crippen molar-refractivity contribution in [3.05, 3.63) is 0 Å². The van der Waals surface area contributed by atoms with Gasteiger partial charge in [0.05, 0.1) is 42.2 Å². The highest BCUT2D eigenvalue weighted by Crippen LogP contribution is 2.91. The van der Waals surface area contributed by atoms with Crippen LogP contribution in [0.1, 0.15) is 227 Å². The Morgan fingerprint density at radius 1 is 0.610 bits per heavy atom. The van der Waals surface area contributed by atoms with Crippen LogP contribution in [0.5, 0.6) is 0 Å². The lowest BCUT2D eigenvalue weighted by molar-refractivity contribution is -0.202. The highest BCUT2D eigenvalue weighted by atomic mass is 28.4. The fourth-order valence-corrected chi connectivity index (χ4v) is 28.4. The molecule has 2 unspecified atom stereocenters. The molecular weight excluding hydrogens is 977 g/mol. The molecule has 4 spiro atoms. The van der Waals surface area contributed by atoms with Crippen LogP contribution in [-0.2, 0) is 18.7 Å². The molecule has 440 valence electrons. The van der Waals surface area contributed by atoms with Crippen molar-refractivity contribution in [2.75, 3.05) is 0 Å². The summed E-state index contributed by atoms with van der Waals surface area (Å²) in [6.45, 7) is 40.7. The van der Waals surface area contributed by atoms with Gasteiger partial charge >= 0.3 is 0 Å². The quantitative estimate of drug-likeness (QED) is 0.142. The predicted octanol–water partition coefficient (Wildman–Crippen LogP) is 13.1. The summed E-state index contributed by atoms with van der Waals surface area (Å²) in [7, 11) is -1.97. The van der Waals surface area contributed by atoms with E-state index < -0.39 is 43.9 Å². The third-order valence-electron chi connectivity index (χ3n) is 30.4. The molecule has 10 heteroatoms. The van der Waals surface area contributed by atoms with E-state index in [9.17, 15) is 30.3 Å². The number of hydrogen-bond acceptors (Lipinski definition) is 9. The molecule has 2 aliphatic heterocycles. The Morgan fingerprint density at radius 3 is 1.61 bits per heavy atom. The number of ether oxygens (including phenoxy) is 2. The summed E-state index contributed by atoms with van der Waals surface area (Å²) in [5.74, 6) is 4.56. The fraction of sp³-hybridized carbons (Fsp3) is 0.985. The number of ketones is 1. The molecule has 12 fully saturated rings. The highest BCUT2D eigenvalue weighted by molar-refractivity contribution is 6.73. The minimum Gasteiger partial charge on any atom is -0.411 e. The molecule has 12 rings (SSSR count). The number of carbonyl (C=O) groups excluding carboxylic acids is 1. The molecule has 0 radical (unpaired) electrons. The first-order valence-electron chi connectivity index (χ1n) is 32.5. The summed E-state index contributed by atoms with van der Waals surface area (Å²) in [6.07, 6.45) is 16.0. The molecule has 0 bridgehead atoms. The largest absolute Gasteiger partial charge is 0.411 e. The van der Waals surface area contributed by atoms with Gasteiger partial charge in [0.1, 0.15) is 17.8 Å². The van der Waals surface area contributed by atoms with Crippen molar-refractivity contribution in [3.63, 3.8) is 0 Å². The minimum absolute atomic E-state index is 0.00259. The van der Waals surface area contributed by atoms with Gasteiger partial charge in [0.15, 0.2) is 14.1 Å². The van der Waals surface area contributed by atoms with Gasteiger partial charge in [-0.25, -0.2) is 0 Å². The van der Waals surface area contributed by atoms with Gasteiger partial charge in [-0.05, 0) is 245 Å². The molecule has 10 aliphatic carbocycles. The van der Waals surface area contributed by atoms with Gasteiger partial charge in [0, 0.05) is 10.8 Å². The Balaban J connectivity index is 0.000000166. The number of carbonyl (C=O) groups is 1. The van der Waals surface area contributed by atoms with Crippen LogP contribution in [0.25, 0.3) is 0 Å². The molecule has 0 aromatic rings. The first-order valence-corrected chi connectivity index (χ1v) is 35.1. The van der Waals surface area contributed by atoms with Crippen molar-refractivity contribution in [2.24, 2.45) is 107 Å². The van der Waals surface area contributed by atoms with E-state index in [4.69, 9.17) is 13.9 Å². The number of hydrogen-bond donors (Lipinski definition) is 5. The predicted molar refractivity (Wildman–Crippen MR) is 307 cm³/mol. The average Bonchev–Trinajstić information content (AvgIpc) is 3.49. The van der Waals surface area contributed by atoms with Crippen molar-refractivity contribution in [1.82, 2.24) is 0 Å². The maximum absolute atomic E-state index is 13.5. The molecule has 77 heavy (non-hydrogen) atoms. The maximum atomic E-state index is 13.5. The molecule has 0 aromatic heterocycles. The van der Waals surface area contributed by atoms with E-state index in [-0.39, 0.29) is 63.2 Å². The Morgan fingerprint density at radius 2 is 1.08 bits per heavy atom. The summed E-state index contributed by atoms with van der Waals surface area (Å²) in [4.78, 5) is 13.5. The Hall–Kier alpha value is -0.433. The second-order valence-corrected chi connectivity index (χ2v) is 38.6. The van der Waals surface area contributed by atoms with Crippen molar-refractivity contribution in [2.45, 2.75) is 306 Å². The first kappa shape index (κ1) is 58.3. The number of Topliss-reactive ketones (excluding diaryl/α,β-unsaturated/α-hetero) is 1. The number of aliphatic hydroxyl groups is 5. The van der Waals surface area contributed by atoms with Gasteiger partial charge < -0.3 is 39.4 Å². The van der Waals surface area contributed by atoms with Crippen LogP contribution in [0.2, 0.25) is 18.1 Å². The van der Waals surface area contributed by atoms with Crippen molar-refractivity contribution < 1.29 is 44.2 Å². The monoisotopic (exact) mass is 1090 g/mol. The van der Waals surface area contributed by atoms with Crippen molar-refractivity contribution >= 4 is 14.1 Å². The lowest BCUT2D eigenvalue weighted by Gasteiger charge is -2.64. The highest BCUT2D eigenvalue weighted by Gasteiger charge is 2.87. The second-order valence-electron chi connectivity index (χ2n) is 33.8. The average molecular weight is 1090 g/mol. The molecule has 9 nitrogen and oxygen atoms in total. The zero-order valence-electron chi connectivity index (χ0n) is 52.1. The number of aliphatic hydroxyl groups excluding tert-OH is 3. The van der Waals surface area contributed by atoms with Crippen LogP contribution in [-0.4, -0.2) is 99.7 Å². The molecule has 2 heterocycles. The van der Waals surface area contributed by atoms with Gasteiger partial charge in [-0.2, -0.15) is 0 Å². The third kappa shape index (κ3) is 7.25. The van der Waals surface area contributed by atoms with Gasteiger partial charge in [-0.3, -0.25) is 4.79 Å². The second kappa shape index (κ2) is 17.8. The summed E-state index contributed by atoms with van der Waals surface area (Å²) < 4.78 is 21.4. The standard InChI is InChI=1S/C37H64O4Si.C30H50O5/c1-12-42(13-2,14-3)41-31-29-28(23(4)21-25(40-29)30(38)33(8,9)39)34(10)19-20-37-22-36(37)18-17-24(5)32(6,7)26(36)15-16-27(37)35(31,34)11;1-16-14-17(23(32)26(4,5)34)35-22-21(16)27(6)12-13-30-15-29(30)11-10-20(31)25(2,3)18(29)8-9-19(30)28(27,7)24(22)33/h23-29,31,39H,12-22H2,1-11H3;16-24,31-34H,8-15H2,1-7H3/t23-,24+,25-,26+,27+,28+,29+,31+,34-,35-,36?,37+;16-,17-,18+,19+,20+,21+,22+,23-,24+,27-,28-,29?,30+/m11/s1. The molecule has 0 aromatic carbocycles. The van der Waals surface area contributed by atoms with E-state index in [0.29, 0.717) is 69.0 Å². The lowest BCUT2D eigenvalue weighted by Crippen LogP contribution is -2.60. The van der Waals surface area contributed by atoms with Gasteiger partial charge in [-0.15, -0.1) is 0 Å². The normalized spacial score (nSPS) is 54.8. The van der Waals surface area contributed by atoms with Crippen LogP contribution in [0.3, 0.4) is 0 Å². The van der Waals surface area contributed by atoms with Gasteiger partial charge in [0.2, 0.25) is 0 Å². The van der Waals surface area contributed by atoms with E-state index in [1.165, 1.54) is 57.8 Å². The lowest BCUT2D eigenvalue weighted by atomic mass is 9.41. The maximum Gasteiger partial charge on any atom is 0.192 e. The van der Waals surface area contributed by atoms with Crippen LogP contribution in [0, 0.1) is 107 Å². The zero-order chi connectivity index (χ0) is 56.4. The van der Waals surface area contributed by atoms with Crippen LogP contribution < -0.4 is 0 Å². The van der Waals surface area contributed by atoms with Crippen LogP contribution >= 0.6 is 0 Å². The van der Waals surface area contributed by atoms with Crippen molar-refractivity contribution in [3.8, 4) is 0 Å². The molecule has 10 saturated carbocycles. The van der Waals surface area contributed by atoms with E-state index in [1.807, 2.05) is 0 Å². The van der Waals surface area contributed by atoms with Gasteiger partial charge in [-0.1, -0.05) is 96.9 Å². The summed E-state index contributed by atoms with van der Waals surface area (Å²) >= 11 is 0. The minimum atomic E-state index is -1.97. The topological polar surface area (TPSA) is 146 Å². The fourth-order valence-electron chi connectivity index (χ4n) is 25.4. The summed E-state index contributed by atoms with van der Waals surface area (Å²) in [5, 5.41) is 55.2. The Kier molecular flexibility index (Phi) is 13.5. The Labute approximate surface area is 469 Å². The number of rotatable bonds is 9. The molecular formula is C67H114O9Si. The number of fused-ring (bicyclic) bond motifs is 8. The van der Waals surface area contributed by atoms with E-state index in [2.05, 4.69) is 96.9 Å². The molecule has 12 aliphatic rings. The smallest absolute Gasteiger partial charge is 0.192 e. The molecule has 2 saturated heterocycles. The SMILES string of the molecule is CC[Si](CC)(CC)O[C@H]1[C@H]2O[C@@H](C(=O)C(C)(C)O)C[C@@H](C)[C@@H]2[C@@]2(C)CC[C@@]34CC35CC[C@H](C)C(C)(C)[C@@H]5CC[C@H]4[C@]12C.C[C@@H]1C[C@H]([C@@H](O)C(C)(C)O)O[C@H]2[C@H]1[C@@]1(C)CC[C@@]34CC35CC[C@H](O)C(C)(C)[C@@H]5CC[C@H]4[C@]1(C)[C@H]2O.